The average molecular weight is 260 g/mol. The van der Waals surface area contributed by atoms with Crippen molar-refractivity contribution in [1.82, 2.24) is 4.98 Å². The maximum absolute atomic E-state index is 9.79. The highest BCUT2D eigenvalue weighted by Crippen LogP contribution is 2.22. The zero-order chi connectivity index (χ0) is 13.8. The van der Waals surface area contributed by atoms with Crippen LogP contribution in [0.15, 0.2) is 30.3 Å². The molecule has 0 fully saturated rings. The standard InChI is InChI=1S/C15H20N2O2/c1-11-8-12-6-4-5-7-14(12)16-15(11)17(2)9-13(18)10-19-3/h4-8,13,18H,9-10H2,1-3H3. The number of benzene rings is 1. The molecule has 0 aliphatic rings. The number of aliphatic hydroxyl groups excluding tert-OH is 1. The SMILES string of the molecule is COCC(O)CN(C)c1nc2ccccc2cc1C. The Morgan fingerprint density at radius 3 is 2.84 bits per heavy atom. The number of aryl methyl sites for hydroxylation is 1. The Morgan fingerprint density at radius 2 is 2.11 bits per heavy atom. The maximum atomic E-state index is 9.79. The number of anilines is 1. The fourth-order valence-electron chi connectivity index (χ4n) is 2.25. The van der Waals surface area contributed by atoms with E-state index in [-0.39, 0.29) is 0 Å². The molecule has 0 radical (unpaired) electrons. The number of likely N-dealkylation sites (N-methyl/N-ethyl adjacent to an activating group) is 1. The number of aromatic nitrogens is 1. The number of hydrogen-bond acceptors (Lipinski definition) is 4. The second-order valence-electron chi connectivity index (χ2n) is 4.81. The summed E-state index contributed by atoms with van der Waals surface area (Å²) in [7, 11) is 3.52. The molecule has 1 aromatic heterocycles. The summed E-state index contributed by atoms with van der Waals surface area (Å²) in [6.45, 7) is 2.87. The number of pyridine rings is 1. The van der Waals surface area contributed by atoms with Crippen molar-refractivity contribution in [1.29, 1.82) is 0 Å². The number of methoxy groups -OCH3 is 1. The van der Waals surface area contributed by atoms with Gasteiger partial charge in [-0.15, -0.1) is 0 Å². The zero-order valence-electron chi connectivity index (χ0n) is 11.6. The minimum absolute atomic E-state index is 0.330. The summed E-state index contributed by atoms with van der Waals surface area (Å²) in [5.74, 6) is 0.897. The van der Waals surface area contributed by atoms with E-state index in [1.807, 2.05) is 37.1 Å². The molecule has 0 bridgehead atoms. The molecule has 0 saturated heterocycles. The van der Waals surface area contributed by atoms with Crippen LogP contribution in [0.2, 0.25) is 0 Å². The predicted octanol–water partition coefficient (Wildman–Crippen LogP) is 1.99. The number of aliphatic hydroxyl groups is 1. The maximum Gasteiger partial charge on any atom is 0.132 e. The van der Waals surface area contributed by atoms with E-state index in [0.29, 0.717) is 13.2 Å². The van der Waals surface area contributed by atoms with E-state index >= 15 is 0 Å². The summed E-state index contributed by atoms with van der Waals surface area (Å²) in [6.07, 6.45) is -0.511. The van der Waals surface area contributed by atoms with Crippen LogP contribution >= 0.6 is 0 Å². The van der Waals surface area contributed by atoms with Gasteiger partial charge in [0, 0.05) is 26.1 Å². The molecule has 0 amide bonds. The molecular formula is C15H20N2O2. The highest BCUT2D eigenvalue weighted by Gasteiger charge is 2.12. The monoisotopic (exact) mass is 260 g/mol. The molecule has 1 unspecified atom stereocenters. The van der Waals surface area contributed by atoms with Crippen molar-refractivity contribution in [2.75, 3.05) is 32.2 Å². The van der Waals surface area contributed by atoms with Gasteiger partial charge in [0.05, 0.1) is 18.2 Å². The quantitative estimate of drug-likeness (QED) is 0.893. The lowest BCUT2D eigenvalue weighted by Gasteiger charge is -2.23. The second-order valence-corrected chi connectivity index (χ2v) is 4.81. The third kappa shape index (κ3) is 3.22. The van der Waals surface area contributed by atoms with E-state index < -0.39 is 6.10 Å². The number of nitrogens with zero attached hydrogens (tertiary/aromatic N) is 2. The molecule has 0 saturated carbocycles. The second kappa shape index (κ2) is 5.99. The molecule has 2 aromatic rings. The van der Waals surface area contributed by atoms with Gasteiger partial charge in [-0.25, -0.2) is 4.98 Å². The van der Waals surface area contributed by atoms with Crippen LogP contribution in [0, 0.1) is 6.92 Å². The molecular weight excluding hydrogens is 240 g/mol. The molecule has 102 valence electrons. The lowest BCUT2D eigenvalue weighted by molar-refractivity contribution is 0.0694. The molecule has 1 N–H and O–H groups in total. The molecule has 0 aliphatic carbocycles. The Bertz CT molecular complexity index is 557. The van der Waals surface area contributed by atoms with Crippen molar-refractivity contribution >= 4 is 16.7 Å². The van der Waals surface area contributed by atoms with Crippen LogP contribution in [0.4, 0.5) is 5.82 Å². The van der Waals surface area contributed by atoms with Gasteiger partial charge in [0.1, 0.15) is 5.82 Å². The Hall–Kier alpha value is -1.65. The fourth-order valence-corrected chi connectivity index (χ4v) is 2.25. The average Bonchev–Trinajstić information content (AvgIpc) is 2.38. The van der Waals surface area contributed by atoms with Gasteiger partial charge in [-0.2, -0.15) is 0 Å². The van der Waals surface area contributed by atoms with Crippen LogP contribution in [0.3, 0.4) is 0 Å². The van der Waals surface area contributed by atoms with Crippen LogP contribution in [0.25, 0.3) is 10.9 Å². The van der Waals surface area contributed by atoms with Crippen molar-refractivity contribution in [3.05, 3.63) is 35.9 Å². The van der Waals surface area contributed by atoms with Crippen molar-refractivity contribution in [2.24, 2.45) is 0 Å². The summed E-state index contributed by atoms with van der Waals surface area (Å²) >= 11 is 0. The number of rotatable bonds is 5. The lowest BCUT2D eigenvalue weighted by Crippen LogP contribution is -2.32. The largest absolute Gasteiger partial charge is 0.389 e. The van der Waals surface area contributed by atoms with Crippen molar-refractivity contribution in [3.8, 4) is 0 Å². The normalized spacial score (nSPS) is 12.6. The Balaban J connectivity index is 2.26. The van der Waals surface area contributed by atoms with E-state index in [4.69, 9.17) is 4.74 Å². The molecule has 1 heterocycles. The summed E-state index contributed by atoms with van der Waals surface area (Å²) in [6, 6.07) is 10.2. The Morgan fingerprint density at radius 1 is 1.37 bits per heavy atom. The Kier molecular flexibility index (Phi) is 4.35. The third-order valence-corrected chi connectivity index (χ3v) is 3.09. The molecule has 4 nitrogen and oxygen atoms in total. The van der Waals surface area contributed by atoms with Gasteiger partial charge in [-0.3, -0.25) is 0 Å². The minimum Gasteiger partial charge on any atom is -0.389 e. The van der Waals surface area contributed by atoms with Gasteiger partial charge >= 0.3 is 0 Å². The highest BCUT2D eigenvalue weighted by molar-refractivity contribution is 5.81. The van der Waals surface area contributed by atoms with E-state index in [0.717, 1.165) is 22.3 Å². The van der Waals surface area contributed by atoms with Crippen LogP contribution in [-0.4, -0.2) is 43.5 Å². The molecule has 0 spiro atoms. The van der Waals surface area contributed by atoms with Crippen LogP contribution < -0.4 is 4.90 Å². The van der Waals surface area contributed by atoms with E-state index in [9.17, 15) is 5.11 Å². The number of ether oxygens (including phenoxy) is 1. The number of para-hydroxylation sites is 1. The first-order chi connectivity index (χ1) is 9.11. The number of fused-ring (bicyclic) bond motifs is 1. The van der Waals surface area contributed by atoms with Gasteiger partial charge in [-0.05, 0) is 24.6 Å². The van der Waals surface area contributed by atoms with E-state index in [1.165, 1.54) is 0 Å². The summed E-state index contributed by atoms with van der Waals surface area (Å²) < 4.78 is 4.94. The van der Waals surface area contributed by atoms with Gasteiger partial charge in [0.2, 0.25) is 0 Å². The number of hydrogen-bond donors (Lipinski definition) is 1. The molecule has 4 heteroatoms. The summed E-state index contributed by atoms with van der Waals surface area (Å²) in [5.41, 5.74) is 2.07. The minimum atomic E-state index is -0.511. The smallest absolute Gasteiger partial charge is 0.132 e. The third-order valence-electron chi connectivity index (χ3n) is 3.09. The van der Waals surface area contributed by atoms with Crippen molar-refractivity contribution < 1.29 is 9.84 Å². The lowest BCUT2D eigenvalue weighted by atomic mass is 10.1. The van der Waals surface area contributed by atoms with Gasteiger partial charge in [-0.1, -0.05) is 18.2 Å². The Labute approximate surface area is 113 Å². The molecule has 19 heavy (non-hydrogen) atoms. The molecule has 2 rings (SSSR count). The van der Waals surface area contributed by atoms with Crippen molar-refractivity contribution in [3.63, 3.8) is 0 Å². The topological polar surface area (TPSA) is 45.6 Å². The van der Waals surface area contributed by atoms with Crippen molar-refractivity contribution in [2.45, 2.75) is 13.0 Å². The van der Waals surface area contributed by atoms with Gasteiger partial charge in [0.15, 0.2) is 0 Å². The predicted molar refractivity (Wildman–Crippen MR) is 77.6 cm³/mol. The van der Waals surface area contributed by atoms with Crippen LogP contribution in [0.1, 0.15) is 5.56 Å². The first-order valence-corrected chi connectivity index (χ1v) is 6.36. The van der Waals surface area contributed by atoms with E-state index in [1.54, 1.807) is 7.11 Å². The van der Waals surface area contributed by atoms with Gasteiger partial charge < -0.3 is 14.7 Å². The first kappa shape index (κ1) is 13.8. The zero-order valence-corrected chi connectivity index (χ0v) is 11.6. The highest BCUT2D eigenvalue weighted by atomic mass is 16.5. The first-order valence-electron chi connectivity index (χ1n) is 6.36. The fraction of sp³-hybridized carbons (Fsp3) is 0.400. The van der Waals surface area contributed by atoms with E-state index in [2.05, 4.69) is 17.1 Å². The summed E-state index contributed by atoms with van der Waals surface area (Å²) in [5, 5.41) is 10.9. The van der Waals surface area contributed by atoms with Gasteiger partial charge in [0.25, 0.3) is 0 Å². The molecule has 1 atom stereocenters. The van der Waals surface area contributed by atoms with Crippen LogP contribution in [0.5, 0.6) is 0 Å². The molecule has 0 aliphatic heterocycles. The summed E-state index contributed by atoms with van der Waals surface area (Å²) in [4.78, 5) is 6.63. The van der Waals surface area contributed by atoms with Crippen LogP contribution in [-0.2, 0) is 4.74 Å². The molecule has 1 aromatic carbocycles.